The first-order chi connectivity index (χ1) is 10.5. The summed E-state index contributed by atoms with van der Waals surface area (Å²) in [6.45, 7) is 1.39. The van der Waals surface area contributed by atoms with Gasteiger partial charge in [-0.3, -0.25) is 24.1 Å². The molecule has 2 atom stereocenters. The van der Waals surface area contributed by atoms with Gasteiger partial charge in [0.25, 0.3) is 0 Å². The van der Waals surface area contributed by atoms with E-state index in [1.165, 1.54) is 4.90 Å². The minimum atomic E-state index is -1.10. The number of hydrogen-bond acceptors (Lipinski definition) is 4. The molecule has 1 saturated carbocycles. The maximum absolute atomic E-state index is 12.3. The monoisotopic (exact) mass is 310 g/mol. The lowest BCUT2D eigenvalue weighted by molar-refractivity contribution is -0.149. The second kappa shape index (κ2) is 6.89. The van der Waals surface area contributed by atoms with Gasteiger partial charge in [0.2, 0.25) is 17.7 Å². The van der Waals surface area contributed by atoms with E-state index < -0.39 is 18.4 Å². The Kier molecular flexibility index (Phi) is 5.15. The second-order valence-corrected chi connectivity index (χ2v) is 5.97. The highest BCUT2D eigenvalue weighted by Gasteiger charge is 2.48. The Balaban J connectivity index is 2.05. The first-order valence-corrected chi connectivity index (χ1v) is 7.80. The van der Waals surface area contributed by atoms with E-state index in [9.17, 15) is 19.2 Å². The summed E-state index contributed by atoms with van der Waals surface area (Å²) in [5, 5.41) is 8.85. The van der Waals surface area contributed by atoms with Gasteiger partial charge in [0.05, 0.1) is 11.8 Å². The van der Waals surface area contributed by atoms with Crippen molar-refractivity contribution in [3.63, 3.8) is 0 Å². The van der Waals surface area contributed by atoms with Crippen LogP contribution in [0.1, 0.15) is 39.0 Å². The molecule has 2 fully saturated rings. The quantitative estimate of drug-likeness (QED) is 0.720. The molecule has 7 nitrogen and oxygen atoms in total. The summed E-state index contributed by atoms with van der Waals surface area (Å²) in [6, 6.07) is 0. The Morgan fingerprint density at radius 1 is 1.18 bits per heavy atom. The van der Waals surface area contributed by atoms with Crippen molar-refractivity contribution in [1.29, 1.82) is 0 Å². The molecule has 1 saturated heterocycles. The molecule has 1 aliphatic heterocycles. The molecule has 1 heterocycles. The number of hydrogen-bond donors (Lipinski definition) is 1. The van der Waals surface area contributed by atoms with Crippen molar-refractivity contribution in [2.45, 2.75) is 39.0 Å². The molecule has 0 aromatic carbocycles. The number of likely N-dealkylation sites (tertiary alicyclic amines) is 1. The Morgan fingerprint density at radius 2 is 1.73 bits per heavy atom. The molecule has 0 aromatic heterocycles. The molecule has 0 bridgehead atoms. The van der Waals surface area contributed by atoms with Gasteiger partial charge in [-0.2, -0.15) is 0 Å². The normalized spacial score (nSPS) is 24.3. The van der Waals surface area contributed by atoms with E-state index in [4.69, 9.17) is 5.11 Å². The third kappa shape index (κ3) is 3.28. The predicted molar refractivity (Wildman–Crippen MR) is 76.7 cm³/mol. The SMILES string of the molecule is CCCN(CC(=O)O)C(=O)CN1C(=O)C2CCCCC2C1=O. The highest BCUT2D eigenvalue weighted by atomic mass is 16.4. The number of aliphatic carboxylic acids is 1. The van der Waals surface area contributed by atoms with Crippen LogP contribution in [0.3, 0.4) is 0 Å². The summed E-state index contributed by atoms with van der Waals surface area (Å²) in [5.74, 6) is -2.69. The first kappa shape index (κ1) is 16.5. The number of imide groups is 1. The largest absolute Gasteiger partial charge is 0.480 e. The summed E-state index contributed by atoms with van der Waals surface area (Å²) in [5.41, 5.74) is 0. The molecule has 22 heavy (non-hydrogen) atoms. The van der Waals surface area contributed by atoms with Crippen molar-refractivity contribution in [1.82, 2.24) is 9.80 Å². The van der Waals surface area contributed by atoms with Crippen LogP contribution in [0.25, 0.3) is 0 Å². The lowest BCUT2D eigenvalue weighted by atomic mass is 9.81. The van der Waals surface area contributed by atoms with Gasteiger partial charge >= 0.3 is 5.97 Å². The van der Waals surface area contributed by atoms with Crippen LogP contribution in [0.2, 0.25) is 0 Å². The Hall–Kier alpha value is -1.92. The van der Waals surface area contributed by atoms with Crippen molar-refractivity contribution in [2.24, 2.45) is 11.8 Å². The van der Waals surface area contributed by atoms with Crippen LogP contribution in [0.5, 0.6) is 0 Å². The van der Waals surface area contributed by atoms with Gasteiger partial charge < -0.3 is 10.0 Å². The van der Waals surface area contributed by atoms with Gasteiger partial charge in [-0.05, 0) is 19.3 Å². The highest BCUT2D eigenvalue weighted by Crippen LogP contribution is 2.37. The van der Waals surface area contributed by atoms with Crippen LogP contribution in [0.4, 0.5) is 0 Å². The summed E-state index contributed by atoms with van der Waals surface area (Å²) >= 11 is 0. The molecule has 2 unspecified atom stereocenters. The van der Waals surface area contributed by atoms with Gasteiger partial charge in [0, 0.05) is 6.54 Å². The zero-order chi connectivity index (χ0) is 16.3. The van der Waals surface area contributed by atoms with Crippen LogP contribution < -0.4 is 0 Å². The number of rotatable bonds is 6. The average Bonchev–Trinajstić information content (AvgIpc) is 2.72. The van der Waals surface area contributed by atoms with Crippen LogP contribution in [-0.2, 0) is 19.2 Å². The van der Waals surface area contributed by atoms with Gasteiger partial charge in [-0.15, -0.1) is 0 Å². The summed E-state index contributed by atoms with van der Waals surface area (Å²) in [7, 11) is 0. The topological polar surface area (TPSA) is 95.0 Å². The Bertz CT molecular complexity index is 466. The van der Waals surface area contributed by atoms with E-state index in [-0.39, 0.29) is 30.2 Å². The van der Waals surface area contributed by atoms with E-state index in [0.29, 0.717) is 25.8 Å². The van der Waals surface area contributed by atoms with Crippen LogP contribution in [0, 0.1) is 11.8 Å². The molecule has 2 aliphatic rings. The van der Waals surface area contributed by atoms with Gasteiger partial charge in [0.1, 0.15) is 13.1 Å². The summed E-state index contributed by atoms with van der Waals surface area (Å²) in [6.07, 6.45) is 3.89. The van der Waals surface area contributed by atoms with Crippen molar-refractivity contribution in [3.8, 4) is 0 Å². The third-order valence-corrected chi connectivity index (χ3v) is 4.40. The average molecular weight is 310 g/mol. The fraction of sp³-hybridized carbons (Fsp3) is 0.733. The standard InChI is InChI=1S/C15H22N2O5/c1-2-7-16(9-13(19)20)12(18)8-17-14(21)10-5-3-4-6-11(10)15(17)22/h10-11H,2-9H2,1H3,(H,19,20). The number of nitrogens with zero attached hydrogens (tertiary/aromatic N) is 2. The smallest absolute Gasteiger partial charge is 0.323 e. The zero-order valence-corrected chi connectivity index (χ0v) is 12.8. The van der Waals surface area contributed by atoms with Crippen LogP contribution in [-0.4, -0.2) is 58.2 Å². The molecule has 1 aliphatic carbocycles. The van der Waals surface area contributed by atoms with Gasteiger partial charge in [-0.1, -0.05) is 19.8 Å². The molecule has 0 radical (unpaired) electrons. The van der Waals surface area contributed by atoms with Crippen molar-refractivity contribution >= 4 is 23.7 Å². The molecule has 0 aromatic rings. The molecule has 7 heteroatoms. The minimum Gasteiger partial charge on any atom is -0.480 e. The highest BCUT2D eigenvalue weighted by molar-refractivity contribution is 6.07. The number of carbonyl (C=O) groups excluding carboxylic acids is 3. The van der Waals surface area contributed by atoms with Crippen LogP contribution >= 0.6 is 0 Å². The molecule has 1 N–H and O–H groups in total. The molecule has 122 valence electrons. The fourth-order valence-electron chi connectivity index (χ4n) is 3.35. The number of carbonyl (C=O) groups is 4. The maximum Gasteiger partial charge on any atom is 0.323 e. The van der Waals surface area contributed by atoms with Crippen molar-refractivity contribution in [2.75, 3.05) is 19.6 Å². The number of carboxylic acid groups (broad SMARTS) is 1. The molecular formula is C15H22N2O5. The van der Waals surface area contributed by atoms with E-state index in [2.05, 4.69) is 0 Å². The van der Waals surface area contributed by atoms with E-state index in [0.717, 1.165) is 17.7 Å². The van der Waals surface area contributed by atoms with Gasteiger partial charge in [0.15, 0.2) is 0 Å². The summed E-state index contributed by atoms with van der Waals surface area (Å²) < 4.78 is 0. The van der Waals surface area contributed by atoms with Crippen LogP contribution in [0.15, 0.2) is 0 Å². The second-order valence-electron chi connectivity index (χ2n) is 5.97. The minimum absolute atomic E-state index is 0.269. The Labute approximate surface area is 129 Å². The number of fused-ring (bicyclic) bond motifs is 1. The first-order valence-electron chi connectivity index (χ1n) is 7.80. The van der Waals surface area contributed by atoms with E-state index in [1.807, 2.05) is 6.92 Å². The van der Waals surface area contributed by atoms with Crippen molar-refractivity contribution in [3.05, 3.63) is 0 Å². The van der Waals surface area contributed by atoms with E-state index in [1.54, 1.807) is 0 Å². The van der Waals surface area contributed by atoms with Gasteiger partial charge in [-0.25, -0.2) is 0 Å². The fourth-order valence-corrected chi connectivity index (χ4v) is 3.35. The molecule has 2 rings (SSSR count). The van der Waals surface area contributed by atoms with E-state index >= 15 is 0 Å². The number of amides is 3. The van der Waals surface area contributed by atoms with Crippen molar-refractivity contribution < 1.29 is 24.3 Å². The third-order valence-electron chi connectivity index (χ3n) is 4.40. The maximum atomic E-state index is 12.3. The summed E-state index contributed by atoms with van der Waals surface area (Å²) in [4.78, 5) is 49.9. The predicted octanol–water partition coefficient (Wildman–Crippen LogP) is 0.485. The molecular weight excluding hydrogens is 288 g/mol. The molecule has 0 spiro atoms. The Morgan fingerprint density at radius 3 is 2.18 bits per heavy atom. The zero-order valence-electron chi connectivity index (χ0n) is 12.8. The molecule has 3 amide bonds. The lowest BCUT2D eigenvalue weighted by Crippen LogP contribution is -2.45. The lowest BCUT2D eigenvalue weighted by Gasteiger charge is -2.23. The number of carboxylic acids is 1.